The van der Waals surface area contributed by atoms with E-state index in [0.717, 1.165) is 42.5 Å². The summed E-state index contributed by atoms with van der Waals surface area (Å²) in [6.07, 6.45) is 5.06. The monoisotopic (exact) mass is 418 g/mol. The van der Waals surface area contributed by atoms with Crippen LogP contribution >= 0.6 is 0 Å². The van der Waals surface area contributed by atoms with E-state index in [1.165, 1.54) is 6.07 Å². The Morgan fingerprint density at radius 2 is 2.13 bits per heavy atom. The summed E-state index contributed by atoms with van der Waals surface area (Å²) in [6, 6.07) is 10.8. The molecule has 1 saturated heterocycles. The minimum absolute atomic E-state index is 0.00725. The number of carbonyl (C=O) groups is 1. The van der Waals surface area contributed by atoms with Crippen molar-refractivity contribution in [3.8, 4) is 0 Å². The molecule has 2 atom stereocenters. The van der Waals surface area contributed by atoms with Crippen molar-refractivity contribution in [2.75, 3.05) is 11.4 Å². The fourth-order valence-corrected chi connectivity index (χ4v) is 4.96. The molecule has 1 aromatic heterocycles. The van der Waals surface area contributed by atoms with Crippen molar-refractivity contribution in [3.05, 3.63) is 65.5 Å². The molecule has 1 aliphatic heterocycles. The van der Waals surface area contributed by atoms with Gasteiger partial charge in [0.15, 0.2) is 0 Å². The predicted octanol–water partition coefficient (Wildman–Crippen LogP) is 5.62. The summed E-state index contributed by atoms with van der Waals surface area (Å²) < 4.78 is 21.8. The smallest absolute Gasteiger partial charge is 0.415 e. The van der Waals surface area contributed by atoms with Crippen LogP contribution in [0.4, 0.5) is 20.6 Å². The lowest BCUT2D eigenvalue weighted by molar-refractivity contribution is 0.00439. The highest BCUT2D eigenvalue weighted by Gasteiger charge is 2.48. The molecule has 2 aliphatic rings. The number of hydrogen-bond acceptors (Lipinski definition) is 3. The fourth-order valence-electron chi connectivity index (χ4n) is 4.96. The maximum absolute atomic E-state index is 13.9. The molecule has 31 heavy (non-hydrogen) atoms. The molecule has 1 amide bonds. The van der Waals surface area contributed by atoms with Gasteiger partial charge in [-0.3, -0.25) is 4.90 Å². The molecule has 1 saturated carbocycles. The van der Waals surface area contributed by atoms with Gasteiger partial charge in [-0.05, 0) is 62.8 Å². The van der Waals surface area contributed by atoms with E-state index in [0.29, 0.717) is 24.5 Å². The second-order valence-corrected chi connectivity index (χ2v) is 8.74. The summed E-state index contributed by atoms with van der Waals surface area (Å²) in [5.74, 6) is -0.239. The van der Waals surface area contributed by atoms with Crippen molar-refractivity contribution in [1.29, 1.82) is 0 Å². The second kappa shape index (κ2) is 7.38. The third-order valence-corrected chi connectivity index (χ3v) is 6.49. The van der Waals surface area contributed by atoms with Crippen molar-refractivity contribution in [2.45, 2.75) is 44.8 Å². The molecular formula is C24H23FN4O2. The zero-order chi connectivity index (χ0) is 21.6. The summed E-state index contributed by atoms with van der Waals surface area (Å²) >= 11 is 0. The molecule has 2 heterocycles. The molecule has 5 rings (SSSR count). The highest BCUT2D eigenvalue weighted by molar-refractivity contribution is 5.90. The maximum atomic E-state index is 13.9. The molecule has 0 bridgehead atoms. The summed E-state index contributed by atoms with van der Waals surface area (Å²) in [7, 11) is 0. The van der Waals surface area contributed by atoms with Crippen molar-refractivity contribution in [2.24, 2.45) is 5.92 Å². The summed E-state index contributed by atoms with van der Waals surface area (Å²) in [6.45, 7) is 10.4. The number of imidazole rings is 1. The first-order valence-corrected chi connectivity index (χ1v) is 10.6. The largest absolute Gasteiger partial charge is 0.441 e. The molecule has 1 aliphatic carbocycles. The van der Waals surface area contributed by atoms with Gasteiger partial charge in [0.1, 0.15) is 11.4 Å². The van der Waals surface area contributed by atoms with Crippen LogP contribution in [0.15, 0.2) is 42.7 Å². The number of nitrogens with zero attached hydrogens (tertiary/aromatic N) is 4. The van der Waals surface area contributed by atoms with Crippen molar-refractivity contribution >= 4 is 28.5 Å². The van der Waals surface area contributed by atoms with Gasteiger partial charge in [0, 0.05) is 12.2 Å². The lowest BCUT2D eigenvalue weighted by Crippen LogP contribution is -2.40. The number of halogens is 1. The standard InChI is InChI=1S/C24H23FN4O2/c1-16-5-7-18(8-6-16)29-14-24(31-23(29)30)9-3-4-17(12-24)13-28-15-27-21-10-19(25)20(26-2)11-22(21)28/h5-8,10-11,15,17H,3-4,9,12-14H2,1H3/t17-,24-/m0/s1. The number of carbonyl (C=O) groups excluding carboxylic acids is 1. The number of amides is 1. The molecule has 6 nitrogen and oxygen atoms in total. The van der Waals surface area contributed by atoms with Gasteiger partial charge in [-0.2, -0.15) is 0 Å². The first kappa shape index (κ1) is 19.6. The number of benzene rings is 2. The molecule has 1 spiro atoms. The van der Waals surface area contributed by atoms with E-state index in [2.05, 4.69) is 9.83 Å². The van der Waals surface area contributed by atoms with Crippen LogP contribution in [0.5, 0.6) is 0 Å². The van der Waals surface area contributed by atoms with E-state index in [-0.39, 0.29) is 11.8 Å². The van der Waals surface area contributed by atoms with E-state index in [4.69, 9.17) is 11.3 Å². The van der Waals surface area contributed by atoms with Crippen LogP contribution in [0.25, 0.3) is 15.9 Å². The van der Waals surface area contributed by atoms with Crippen LogP contribution in [0, 0.1) is 25.2 Å². The average Bonchev–Trinajstić information content (AvgIpc) is 3.28. The summed E-state index contributed by atoms with van der Waals surface area (Å²) in [5.41, 5.74) is 2.86. The third-order valence-electron chi connectivity index (χ3n) is 6.49. The Balaban J connectivity index is 1.35. The van der Waals surface area contributed by atoms with Gasteiger partial charge >= 0.3 is 6.09 Å². The Morgan fingerprint density at radius 3 is 2.90 bits per heavy atom. The minimum Gasteiger partial charge on any atom is -0.441 e. The number of aromatic nitrogens is 2. The summed E-state index contributed by atoms with van der Waals surface area (Å²) in [5, 5.41) is 0. The predicted molar refractivity (Wildman–Crippen MR) is 116 cm³/mol. The van der Waals surface area contributed by atoms with E-state index in [9.17, 15) is 9.18 Å². The first-order chi connectivity index (χ1) is 15.0. The molecule has 0 N–H and O–H groups in total. The Bertz CT molecular complexity index is 1200. The zero-order valence-corrected chi connectivity index (χ0v) is 17.3. The van der Waals surface area contributed by atoms with Gasteiger partial charge in [-0.25, -0.2) is 19.0 Å². The van der Waals surface area contributed by atoms with E-state index >= 15 is 0 Å². The highest BCUT2D eigenvalue weighted by Crippen LogP contribution is 2.42. The van der Waals surface area contributed by atoms with Gasteiger partial charge in [-0.15, -0.1) is 0 Å². The van der Waals surface area contributed by atoms with Gasteiger partial charge in [0.2, 0.25) is 5.69 Å². The molecule has 2 aromatic carbocycles. The number of fused-ring (bicyclic) bond motifs is 1. The van der Waals surface area contributed by atoms with Gasteiger partial charge in [0.05, 0.1) is 30.5 Å². The SMILES string of the molecule is [C-]#[N+]c1cc2c(cc1F)ncn2C[C@H]1CCC[C@]2(C1)CN(c1ccc(C)cc1)C(=O)O2. The lowest BCUT2D eigenvalue weighted by atomic mass is 9.78. The van der Waals surface area contributed by atoms with E-state index < -0.39 is 11.4 Å². The van der Waals surface area contributed by atoms with Crippen LogP contribution in [-0.2, 0) is 11.3 Å². The second-order valence-electron chi connectivity index (χ2n) is 8.74. The van der Waals surface area contributed by atoms with Gasteiger partial charge in [-0.1, -0.05) is 17.7 Å². The van der Waals surface area contributed by atoms with Crippen LogP contribution < -0.4 is 4.90 Å². The number of anilines is 1. The number of ether oxygens (including phenoxy) is 1. The van der Waals surface area contributed by atoms with E-state index in [1.54, 1.807) is 17.3 Å². The quantitative estimate of drug-likeness (QED) is 0.519. The fraction of sp³-hybridized carbons (Fsp3) is 0.375. The number of aryl methyl sites for hydroxylation is 1. The number of rotatable bonds is 3. The molecule has 2 fully saturated rings. The first-order valence-electron chi connectivity index (χ1n) is 10.6. The van der Waals surface area contributed by atoms with E-state index in [1.807, 2.05) is 35.8 Å². The molecule has 7 heteroatoms. The molecule has 3 aromatic rings. The number of hydrogen-bond donors (Lipinski definition) is 0. The van der Waals surface area contributed by atoms with Crippen LogP contribution in [0.3, 0.4) is 0 Å². The Kier molecular flexibility index (Phi) is 4.66. The topological polar surface area (TPSA) is 51.7 Å². The molecule has 0 radical (unpaired) electrons. The van der Waals surface area contributed by atoms with Gasteiger partial charge in [0.25, 0.3) is 0 Å². The van der Waals surface area contributed by atoms with Crippen LogP contribution in [0.2, 0.25) is 0 Å². The summed E-state index contributed by atoms with van der Waals surface area (Å²) in [4.78, 5) is 22.0. The molecular weight excluding hydrogens is 395 g/mol. The van der Waals surface area contributed by atoms with Crippen molar-refractivity contribution in [1.82, 2.24) is 9.55 Å². The minimum atomic E-state index is -0.543. The average molecular weight is 418 g/mol. The Morgan fingerprint density at radius 1 is 1.32 bits per heavy atom. The van der Waals surface area contributed by atoms with Gasteiger partial charge < -0.3 is 9.30 Å². The normalized spacial score (nSPS) is 23.3. The highest BCUT2D eigenvalue weighted by atomic mass is 19.1. The van der Waals surface area contributed by atoms with Crippen LogP contribution in [0.1, 0.15) is 31.2 Å². The zero-order valence-electron chi connectivity index (χ0n) is 17.3. The molecule has 0 unspecified atom stereocenters. The third kappa shape index (κ3) is 3.52. The molecule has 158 valence electrons. The Labute approximate surface area is 180 Å². The maximum Gasteiger partial charge on any atom is 0.415 e. The Hall–Kier alpha value is -3.40. The lowest BCUT2D eigenvalue weighted by Gasteiger charge is -2.36. The van der Waals surface area contributed by atoms with Crippen LogP contribution in [-0.4, -0.2) is 27.8 Å². The van der Waals surface area contributed by atoms with Crippen molar-refractivity contribution in [3.63, 3.8) is 0 Å². The van der Waals surface area contributed by atoms with Crippen molar-refractivity contribution < 1.29 is 13.9 Å².